The molecular weight excluding hydrogens is 332 g/mol. The number of phenolic OH excluding ortho intramolecular Hbond substituents is 1. The number of hydrogen-bond donors (Lipinski definition) is 3. The first-order valence-corrected chi connectivity index (χ1v) is 8.13. The molecule has 0 spiro atoms. The number of rotatable bonds is 6. The Morgan fingerprint density at radius 2 is 1.81 bits per heavy atom. The summed E-state index contributed by atoms with van der Waals surface area (Å²) in [6.07, 6.45) is 2.03. The topological polar surface area (TPSA) is 91.6 Å². The minimum atomic E-state index is -0.378. The highest BCUT2D eigenvalue weighted by Gasteiger charge is 2.11. The predicted octanol–water partition coefficient (Wildman–Crippen LogP) is 3.21. The van der Waals surface area contributed by atoms with Crippen LogP contribution in [0.3, 0.4) is 0 Å². The SMILES string of the molecule is O=C(NCCc1cccc(O)c1)c1cccc(NC(=O)c2ccco2)c1. The second kappa shape index (κ2) is 8.02. The molecule has 0 bridgehead atoms. The van der Waals surface area contributed by atoms with Crippen LogP contribution < -0.4 is 10.6 Å². The van der Waals surface area contributed by atoms with Crippen LogP contribution in [0.4, 0.5) is 5.69 Å². The highest BCUT2D eigenvalue weighted by atomic mass is 16.3. The van der Waals surface area contributed by atoms with E-state index in [4.69, 9.17) is 4.42 Å². The van der Waals surface area contributed by atoms with Gasteiger partial charge in [0.1, 0.15) is 5.75 Å². The van der Waals surface area contributed by atoms with Crippen LogP contribution >= 0.6 is 0 Å². The quantitative estimate of drug-likeness (QED) is 0.636. The van der Waals surface area contributed by atoms with E-state index in [0.29, 0.717) is 24.2 Å². The molecule has 3 aromatic rings. The number of carbonyl (C=O) groups is 2. The smallest absolute Gasteiger partial charge is 0.291 e. The number of furan rings is 1. The lowest BCUT2D eigenvalue weighted by atomic mass is 10.1. The molecular formula is C20H18N2O4. The summed E-state index contributed by atoms with van der Waals surface area (Å²) in [7, 11) is 0. The molecule has 6 heteroatoms. The molecule has 0 atom stereocenters. The van der Waals surface area contributed by atoms with Gasteiger partial charge in [0.15, 0.2) is 5.76 Å². The molecule has 26 heavy (non-hydrogen) atoms. The van der Waals surface area contributed by atoms with Gasteiger partial charge in [-0.15, -0.1) is 0 Å². The molecule has 2 amide bonds. The Labute approximate surface area is 150 Å². The number of hydrogen-bond acceptors (Lipinski definition) is 4. The van der Waals surface area contributed by atoms with Gasteiger partial charge in [0.2, 0.25) is 0 Å². The van der Waals surface area contributed by atoms with Gasteiger partial charge >= 0.3 is 0 Å². The lowest BCUT2D eigenvalue weighted by Crippen LogP contribution is -2.25. The Kier molecular flexibility index (Phi) is 5.34. The maximum absolute atomic E-state index is 12.3. The van der Waals surface area contributed by atoms with Crippen molar-refractivity contribution in [1.82, 2.24) is 5.32 Å². The normalized spacial score (nSPS) is 10.3. The zero-order valence-electron chi connectivity index (χ0n) is 13.9. The summed E-state index contributed by atoms with van der Waals surface area (Å²) in [5, 5.41) is 15.0. The van der Waals surface area contributed by atoms with Crippen molar-refractivity contribution in [1.29, 1.82) is 0 Å². The lowest BCUT2D eigenvalue weighted by Gasteiger charge is -2.08. The number of carbonyl (C=O) groups excluding carboxylic acids is 2. The van der Waals surface area contributed by atoms with Crippen molar-refractivity contribution in [2.24, 2.45) is 0 Å². The molecule has 0 aliphatic carbocycles. The van der Waals surface area contributed by atoms with Crippen LogP contribution in [0.1, 0.15) is 26.5 Å². The number of amides is 2. The van der Waals surface area contributed by atoms with Crippen LogP contribution in [-0.4, -0.2) is 23.5 Å². The zero-order valence-corrected chi connectivity index (χ0v) is 13.9. The third kappa shape index (κ3) is 4.51. The molecule has 3 N–H and O–H groups in total. The van der Waals surface area contributed by atoms with Crippen molar-refractivity contribution in [3.8, 4) is 5.75 Å². The number of anilines is 1. The molecule has 0 saturated carbocycles. The first kappa shape index (κ1) is 17.3. The van der Waals surface area contributed by atoms with Crippen LogP contribution in [-0.2, 0) is 6.42 Å². The van der Waals surface area contributed by atoms with Crippen LogP contribution in [0.5, 0.6) is 5.75 Å². The molecule has 2 aromatic carbocycles. The van der Waals surface area contributed by atoms with Crippen molar-refractivity contribution in [2.45, 2.75) is 6.42 Å². The van der Waals surface area contributed by atoms with Crippen LogP contribution in [0.15, 0.2) is 71.3 Å². The maximum Gasteiger partial charge on any atom is 0.291 e. The van der Waals surface area contributed by atoms with E-state index < -0.39 is 0 Å². The highest BCUT2D eigenvalue weighted by Crippen LogP contribution is 2.13. The Morgan fingerprint density at radius 3 is 2.58 bits per heavy atom. The van der Waals surface area contributed by atoms with Gasteiger partial charge in [-0.25, -0.2) is 0 Å². The van der Waals surface area contributed by atoms with Crippen LogP contribution in [0, 0.1) is 0 Å². The average molecular weight is 350 g/mol. The van der Waals surface area contributed by atoms with Crippen molar-refractivity contribution in [2.75, 3.05) is 11.9 Å². The molecule has 3 rings (SSSR count). The fraction of sp³-hybridized carbons (Fsp3) is 0.100. The van der Waals surface area contributed by atoms with Crippen molar-refractivity contribution < 1.29 is 19.1 Å². The van der Waals surface area contributed by atoms with Gasteiger partial charge in [-0.2, -0.15) is 0 Å². The predicted molar refractivity (Wildman–Crippen MR) is 97.2 cm³/mol. The van der Waals surface area contributed by atoms with E-state index in [2.05, 4.69) is 10.6 Å². The van der Waals surface area contributed by atoms with Crippen molar-refractivity contribution in [3.63, 3.8) is 0 Å². The van der Waals surface area contributed by atoms with E-state index in [1.807, 2.05) is 6.07 Å². The molecule has 0 aliphatic heterocycles. The first-order chi connectivity index (χ1) is 12.6. The monoisotopic (exact) mass is 350 g/mol. The molecule has 0 aliphatic rings. The largest absolute Gasteiger partial charge is 0.508 e. The van der Waals surface area contributed by atoms with E-state index >= 15 is 0 Å². The summed E-state index contributed by atoms with van der Waals surface area (Å²) in [6.45, 7) is 0.436. The van der Waals surface area contributed by atoms with Gasteiger partial charge in [0.05, 0.1) is 6.26 Å². The fourth-order valence-corrected chi connectivity index (χ4v) is 2.47. The summed E-state index contributed by atoms with van der Waals surface area (Å²) in [4.78, 5) is 24.3. The van der Waals surface area contributed by atoms with Gasteiger partial charge in [-0.3, -0.25) is 9.59 Å². The van der Waals surface area contributed by atoms with E-state index in [9.17, 15) is 14.7 Å². The minimum absolute atomic E-state index is 0.200. The summed E-state index contributed by atoms with van der Waals surface area (Å²) < 4.78 is 5.04. The molecule has 6 nitrogen and oxygen atoms in total. The standard InChI is InChI=1S/C20H18N2O4/c23-17-7-1-4-14(12-17)9-10-21-19(24)15-5-2-6-16(13-15)22-20(25)18-8-3-11-26-18/h1-8,11-13,23H,9-10H2,(H,21,24)(H,22,25). The van der Waals surface area contributed by atoms with E-state index in [-0.39, 0.29) is 23.3 Å². The Bertz CT molecular complexity index is 904. The maximum atomic E-state index is 12.3. The molecule has 0 saturated heterocycles. The van der Waals surface area contributed by atoms with Crippen LogP contribution in [0.25, 0.3) is 0 Å². The van der Waals surface area contributed by atoms with Crippen molar-refractivity contribution >= 4 is 17.5 Å². The lowest BCUT2D eigenvalue weighted by molar-refractivity contribution is 0.0952. The number of benzene rings is 2. The Balaban J connectivity index is 1.56. The molecule has 0 unspecified atom stereocenters. The van der Waals surface area contributed by atoms with Crippen LogP contribution in [0.2, 0.25) is 0 Å². The second-order valence-corrected chi connectivity index (χ2v) is 5.69. The summed E-state index contributed by atoms with van der Waals surface area (Å²) in [6, 6.07) is 16.8. The van der Waals surface area contributed by atoms with Gasteiger partial charge in [0.25, 0.3) is 11.8 Å². The van der Waals surface area contributed by atoms with Gasteiger partial charge in [0, 0.05) is 17.8 Å². The number of nitrogens with one attached hydrogen (secondary N) is 2. The minimum Gasteiger partial charge on any atom is -0.508 e. The fourth-order valence-electron chi connectivity index (χ4n) is 2.47. The van der Waals surface area contributed by atoms with Gasteiger partial charge in [-0.05, 0) is 54.4 Å². The third-order valence-corrected chi connectivity index (χ3v) is 3.74. The first-order valence-electron chi connectivity index (χ1n) is 8.13. The van der Waals surface area contributed by atoms with E-state index in [1.54, 1.807) is 54.6 Å². The van der Waals surface area contributed by atoms with E-state index in [0.717, 1.165) is 5.56 Å². The molecule has 132 valence electrons. The van der Waals surface area contributed by atoms with Gasteiger partial charge in [-0.1, -0.05) is 18.2 Å². The zero-order chi connectivity index (χ0) is 18.4. The Hall–Kier alpha value is -3.54. The molecule has 0 fully saturated rings. The number of aromatic hydroxyl groups is 1. The molecule has 1 heterocycles. The van der Waals surface area contributed by atoms with Gasteiger partial charge < -0.3 is 20.2 Å². The molecule has 0 radical (unpaired) electrons. The second-order valence-electron chi connectivity index (χ2n) is 5.69. The highest BCUT2D eigenvalue weighted by molar-refractivity contribution is 6.03. The summed E-state index contributed by atoms with van der Waals surface area (Å²) in [5.41, 5.74) is 1.88. The summed E-state index contributed by atoms with van der Waals surface area (Å²) >= 11 is 0. The average Bonchev–Trinajstić information content (AvgIpc) is 3.17. The van der Waals surface area contributed by atoms with Crippen molar-refractivity contribution in [3.05, 3.63) is 83.8 Å². The van der Waals surface area contributed by atoms with E-state index in [1.165, 1.54) is 6.26 Å². The summed E-state index contributed by atoms with van der Waals surface area (Å²) in [5.74, 6) is -0.213. The third-order valence-electron chi connectivity index (χ3n) is 3.74. The number of phenols is 1. The Morgan fingerprint density at radius 1 is 0.962 bits per heavy atom. The molecule has 1 aromatic heterocycles.